The number of rotatable bonds is 11. The van der Waals surface area contributed by atoms with Gasteiger partial charge in [-0.1, -0.05) is 11.6 Å². The van der Waals surface area contributed by atoms with E-state index in [1.54, 1.807) is 18.2 Å². The molecule has 1 unspecified atom stereocenters. The van der Waals surface area contributed by atoms with Gasteiger partial charge >= 0.3 is 19.7 Å². The molecule has 1 aromatic heterocycles. The zero-order valence-electron chi connectivity index (χ0n) is 21.7. The SMILES string of the molecule is COc1cc2nccc(Oc3ccc(NC(=O)NC4CC4)c(Cl)c3)c2cc1C(=O)NP(=O)(N[C@@H](C)C(=O)O)OC. The Balaban J connectivity index is 1.60. The number of anilines is 1. The van der Waals surface area contributed by atoms with Crippen molar-refractivity contribution in [2.45, 2.75) is 31.8 Å². The molecule has 212 valence electrons. The number of ether oxygens (including phenoxy) is 2. The lowest BCUT2D eigenvalue weighted by Crippen LogP contribution is -2.37. The molecule has 2 atom stereocenters. The van der Waals surface area contributed by atoms with Crippen LogP contribution >= 0.6 is 19.3 Å². The lowest BCUT2D eigenvalue weighted by Gasteiger charge is -2.21. The number of carbonyl (C=O) groups excluding carboxylic acids is 2. The van der Waals surface area contributed by atoms with Gasteiger partial charge in [0.05, 0.1) is 28.9 Å². The third-order valence-electron chi connectivity index (χ3n) is 5.84. The highest BCUT2D eigenvalue weighted by Gasteiger charge is 2.31. The second kappa shape index (κ2) is 12.1. The van der Waals surface area contributed by atoms with E-state index in [1.807, 2.05) is 0 Å². The number of carboxylic acid groups (broad SMARTS) is 1. The van der Waals surface area contributed by atoms with Gasteiger partial charge < -0.3 is 29.7 Å². The normalized spacial score (nSPS) is 15.0. The quantitative estimate of drug-likeness (QED) is 0.199. The fourth-order valence-electron chi connectivity index (χ4n) is 3.58. The molecule has 1 heterocycles. The number of carbonyl (C=O) groups is 3. The standard InChI is InChI=1S/C25H27ClN5O8P/c1-13(24(33)34)30-40(36,38-3)31-23(32)17-11-16-20(12-22(17)37-2)27-9-8-21(16)39-15-6-7-19(18(26)10-15)29-25(35)28-14-4-5-14/h6-14H,4-5H2,1-3H3,(H,33,34)(H2,28,29,35)(H2,30,31,32,36)/t13-,40?/m0/s1. The Labute approximate surface area is 234 Å². The average Bonchev–Trinajstić information content (AvgIpc) is 3.73. The van der Waals surface area contributed by atoms with Crippen LogP contribution in [0.3, 0.4) is 0 Å². The van der Waals surface area contributed by atoms with Crippen molar-refractivity contribution in [1.29, 1.82) is 0 Å². The van der Waals surface area contributed by atoms with Gasteiger partial charge in [0.25, 0.3) is 5.91 Å². The molecule has 1 fully saturated rings. The van der Waals surface area contributed by atoms with Crippen LogP contribution in [0.25, 0.3) is 10.9 Å². The molecule has 15 heteroatoms. The van der Waals surface area contributed by atoms with Crippen molar-refractivity contribution in [2.24, 2.45) is 0 Å². The third kappa shape index (κ3) is 6.99. The Morgan fingerprint density at radius 2 is 1.88 bits per heavy atom. The smallest absolute Gasteiger partial charge is 0.368 e. The van der Waals surface area contributed by atoms with Gasteiger partial charge in [0.1, 0.15) is 23.3 Å². The van der Waals surface area contributed by atoms with Gasteiger partial charge in [-0.2, -0.15) is 0 Å². The number of aromatic nitrogens is 1. The van der Waals surface area contributed by atoms with Crippen molar-refractivity contribution in [1.82, 2.24) is 20.5 Å². The van der Waals surface area contributed by atoms with E-state index in [9.17, 15) is 18.9 Å². The lowest BCUT2D eigenvalue weighted by molar-refractivity contribution is -0.138. The van der Waals surface area contributed by atoms with Crippen LogP contribution in [-0.4, -0.2) is 54.3 Å². The van der Waals surface area contributed by atoms with Crippen molar-refractivity contribution >= 4 is 53.8 Å². The first-order valence-corrected chi connectivity index (χ1v) is 14.0. The van der Waals surface area contributed by atoms with Gasteiger partial charge in [-0.25, -0.2) is 14.4 Å². The minimum absolute atomic E-state index is 0.0332. The number of hydrogen-bond acceptors (Lipinski definition) is 8. The summed E-state index contributed by atoms with van der Waals surface area (Å²) >= 11 is 6.36. The van der Waals surface area contributed by atoms with E-state index in [0.29, 0.717) is 28.1 Å². The molecule has 0 saturated heterocycles. The summed E-state index contributed by atoms with van der Waals surface area (Å²) in [6, 6.07) is 7.84. The molecule has 1 aliphatic carbocycles. The topological polar surface area (TPSA) is 177 Å². The van der Waals surface area contributed by atoms with Crippen molar-refractivity contribution in [3.8, 4) is 17.2 Å². The minimum Gasteiger partial charge on any atom is -0.496 e. The molecular weight excluding hydrogens is 565 g/mol. The van der Waals surface area contributed by atoms with Crippen LogP contribution in [-0.2, 0) is 13.9 Å². The van der Waals surface area contributed by atoms with Crippen LogP contribution in [0, 0.1) is 0 Å². The van der Waals surface area contributed by atoms with Crippen molar-refractivity contribution < 1.29 is 38.1 Å². The van der Waals surface area contributed by atoms with Gasteiger partial charge in [-0.05, 0) is 44.0 Å². The molecule has 2 aromatic carbocycles. The second-order valence-electron chi connectivity index (χ2n) is 8.86. The summed E-state index contributed by atoms with van der Waals surface area (Å²) in [5.41, 5.74) is 0.803. The van der Waals surface area contributed by atoms with E-state index in [-0.39, 0.29) is 28.4 Å². The summed E-state index contributed by atoms with van der Waals surface area (Å²) in [6.45, 7) is 1.25. The predicted molar refractivity (Wildman–Crippen MR) is 147 cm³/mol. The Kier molecular flexibility index (Phi) is 8.79. The zero-order valence-corrected chi connectivity index (χ0v) is 23.3. The number of nitrogens with zero attached hydrogens (tertiary/aromatic N) is 1. The number of fused-ring (bicyclic) bond motifs is 1. The molecule has 0 aliphatic heterocycles. The molecule has 0 bridgehead atoms. The first kappa shape index (κ1) is 29.1. The van der Waals surface area contributed by atoms with Crippen molar-refractivity contribution in [2.75, 3.05) is 19.5 Å². The van der Waals surface area contributed by atoms with E-state index in [0.717, 1.165) is 20.0 Å². The van der Waals surface area contributed by atoms with Gasteiger partial charge in [0, 0.05) is 36.9 Å². The van der Waals surface area contributed by atoms with Crippen LogP contribution < -0.4 is 30.3 Å². The molecule has 1 saturated carbocycles. The molecule has 40 heavy (non-hydrogen) atoms. The number of halogens is 1. The summed E-state index contributed by atoms with van der Waals surface area (Å²) in [5.74, 6) is -1.35. The van der Waals surface area contributed by atoms with Crippen LogP contribution in [0.2, 0.25) is 5.02 Å². The first-order valence-electron chi connectivity index (χ1n) is 12.0. The maximum atomic E-state index is 13.2. The molecule has 1 aliphatic rings. The number of nitrogens with one attached hydrogen (secondary N) is 4. The molecule has 0 spiro atoms. The number of benzene rings is 2. The number of urea groups is 1. The lowest BCUT2D eigenvalue weighted by atomic mass is 10.1. The summed E-state index contributed by atoms with van der Waals surface area (Å²) in [7, 11) is -1.68. The van der Waals surface area contributed by atoms with Gasteiger partial charge in [-0.15, -0.1) is 0 Å². The number of aliphatic carboxylic acids is 1. The minimum atomic E-state index is -4.10. The van der Waals surface area contributed by atoms with Gasteiger partial charge in [-0.3, -0.25) is 19.7 Å². The van der Waals surface area contributed by atoms with E-state index in [2.05, 4.69) is 25.8 Å². The zero-order chi connectivity index (χ0) is 29.0. The van der Waals surface area contributed by atoms with Crippen LogP contribution in [0.5, 0.6) is 17.2 Å². The van der Waals surface area contributed by atoms with Crippen LogP contribution in [0.1, 0.15) is 30.1 Å². The molecular formula is C25H27ClN5O8P. The van der Waals surface area contributed by atoms with Crippen molar-refractivity contribution in [3.05, 3.63) is 53.2 Å². The summed E-state index contributed by atoms with van der Waals surface area (Å²) < 4.78 is 29.3. The fraction of sp³-hybridized carbons (Fsp3) is 0.280. The Morgan fingerprint density at radius 1 is 1.12 bits per heavy atom. The van der Waals surface area contributed by atoms with E-state index >= 15 is 0 Å². The number of carboxylic acids is 1. The predicted octanol–water partition coefficient (Wildman–Crippen LogP) is 4.52. The highest BCUT2D eigenvalue weighted by Crippen LogP contribution is 2.39. The average molecular weight is 592 g/mol. The van der Waals surface area contributed by atoms with Gasteiger partial charge in [0.2, 0.25) is 0 Å². The number of hydrogen-bond donors (Lipinski definition) is 5. The largest absolute Gasteiger partial charge is 0.496 e. The number of pyridine rings is 1. The molecule has 3 amide bonds. The summed E-state index contributed by atoms with van der Waals surface area (Å²) in [6.07, 6.45) is 3.41. The van der Waals surface area contributed by atoms with E-state index < -0.39 is 25.6 Å². The summed E-state index contributed by atoms with van der Waals surface area (Å²) in [5, 5.41) is 19.8. The van der Waals surface area contributed by atoms with Crippen LogP contribution in [0.15, 0.2) is 42.6 Å². The summed E-state index contributed by atoms with van der Waals surface area (Å²) in [4.78, 5) is 40.7. The maximum Gasteiger partial charge on any atom is 0.368 e. The van der Waals surface area contributed by atoms with Crippen LogP contribution in [0.4, 0.5) is 10.5 Å². The number of methoxy groups -OCH3 is 1. The van der Waals surface area contributed by atoms with Gasteiger partial charge in [0.15, 0.2) is 0 Å². The monoisotopic (exact) mass is 591 g/mol. The Hall–Kier alpha value is -3.90. The molecule has 5 N–H and O–H groups in total. The van der Waals surface area contributed by atoms with Crippen molar-refractivity contribution in [3.63, 3.8) is 0 Å². The molecule has 13 nitrogen and oxygen atoms in total. The Bertz CT molecular complexity index is 1520. The Morgan fingerprint density at radius 3 is 2.50 bits per heavy atom. The van der Waals surface area contributed by atoms with E-state index in [1.165, 1.54) is 38.4 Å². The molecule has 4 rings (SSSR count). The molecule has 3 aromatic rings. The second-order valence-corrected chi connectivity index (χ2v) is 11.2. The molecule has 0 radical (unpaired) electrons. The highest BCUT2D eigenvalue weighted by molar-refractivity contribution is 7.55. The maximum absolute atomic E-state index is 13.2. The highest BCUT2D eigenvalue weighted by atomic mass is 35.5. The fourth-order valence-corrected chi connectivity index (χ4v) is 5.06. The first-order chi connectivity index (χ1) is 19.0. The number of amides is 3. The third-order valence-corrected chi connectivity index (χ3v) is 7.89. The van der Waals surface area contributed by atoms with E-state index in [4.69, 9.17) is 30.7 Å².